The Kier molecular flexibility index (Phi) is 2.20. The van der Waals surface area contributed by atoms with Crippen molar-refractivity contribution in [1.82, 2.24) is 0 Å². The van der Waals surface area contributed by atoms with E-state index >= 15 is 0 Å². The molecule has 2 saturated carbocycles. The first kappa shape index (κ1) is 8.88. The van der Waals surface area contributed by atoms with Crippen molar-refractivity contribution in [2.75, 3.05) is 0 Å². The fourth-order valence-corrected chi connectivity index (χ4v) is 3.40. The third-order valence-electron chi connectivity index (χ3n) is 4.11. The van der Waals surface area contributed by atoms with Crippen molar-refractivity contribution >= 4 is 0 Å². The van der Waals surface area contributed by atoms with Gasteiger partial charge in [0, 0.05) is 6.42 Å². The monoisotopic (exact) mass is 174 g/mol. The number of fused-ring (bicyclic) bond motifs is 1. The average molecular weight is 174 g/mol. The van der Waals surface area contributed by atoms with E-state index in [9.17, 15) is 0 Å². The summed E-state index contributed by atoms with van der Waals surface area (Å²) in [5.74, 6) is 3.61. The highest BCUT2D eigenvalue weighted by Crippen LogP contribution is 2.58. The zero-order valence-electron chi connectivity index (χ0n) is 8.31. The molecular formula is C13H18. The van der Waals surface area contributed by atoms with E-state index in [0.717, 1.165) is 12.3 Å². The first-order valence-electron chi connectivity index (χ1n) is 5.40. The Bertz CT molecular complexity index is 256. The van der Waals surface area contributed by atoms with E-state index < -0.39 is 0 Å². The van der Waals surface area contributed by atoms with E-state index in [1.165, 1.54) is 44.1 Å². The minimum atomic E-state index is 0.587. The number of allylic oxidation sites excluding steroid dienone is 1. The Morgan fingerprint density at radius 2 is 2.38 bits per heavy atom. The summed E-state index contributed by atoms with van der Waals surface area (Å²) in [6, 6.07) is 0. The van der Waals surface area contributed by atoms with Gasteiger partial charge in [-0.25, -0.2) is 0 Å². The summed E-state index contributed by atoms with van der Waals surface area (Å²) in [7, 11) is 0. The van der Waals surface area contributed by atoms with Crippen molar-refractivity contribution in [1.29, 1.82) is 0 Å². The topological polar surface area (TPSA) is 0 Å². The lowest BCUT2D eigenvalue weighted by Crippen LogP contribution is -2.19. The number of terminal acetylenes is 1. The summed E-state index contributed by atoms with van der Waals surface area (Å²) in [6.45, 7) is 4.20. The molecule has 0 aromatic heterocycles. The first-order chi connectivity index (χ1) is 6.28. The second kappa shape index (κ2) is 3.22. The van der Waals surface area contributed by atoms with Gasteiger partial charge >= 0.3 is 0 Å². The van der Waals surface area contributed by atoms with Crippen molar-refractivity contribution in [3.8, 4) is 12.3 Å². The Hall–Kier alpha value is -0.700. The van der Waals surface area contributed by atoms with Crippen LogP contribution in [0.25, 0.3) is 0 Å². The third-order valence-corrected chi connectivity index (χ3v) is 4.11. The van der Waals surface area contributed by atoms with Crippen LogP contribution in [0.3, 0.4) is 0 Å². The van der Waals surface area contributed by atoms with Gasteiger partial charge in [-0.15, -0.1) is 12.3 Å². The van der Waals surface area contributed by atoms with Gasteiger partial charge in [-0.3, -0.25) is 0 Å². The van der Waals surface area contributed by atoms with Gasteiger partial charge in [0.1, 0.15) is 0 Å². The molecule has 0 aromatic rings. The molecule has 0 heteroatoms. The minimum Gasteiger partial charge on any atom is -0.120 e. The SMILES string of the molecule is C#CCCC12CCCC1C(=C)CC2. The predicted molar refractivity (Wildman–Crippen MR) is 56.2 cm³/mol. The molecule has 0 spiro atoms. The molecule has 2 fully saturated rings. The Balaban J connectivity index is 2.12. The van der Waals surface area contributed by atoms with Gasteiger partial charge in [0.05, 0.1) is 0 Å². The molecular weight excluding hydrogens is 156 g/mol. The highest BCUT2D eigenvalue weighted by Gasteiger charge is 2.46. The van der Waals surface area contributed by atoms with E-state index in [1.54, 1.807) is 0 Å². The molecule has 13 heavy (non-hydrogen) atoms. The lowest BCUT2D eigenvalue weighted by molar-refractivity contribution is 0.237. The summed E-state index contributed by atoms with van der Waals surface area (Å²) in [4.78, 5) is 0. The molecule has 0 nitrogen and oxygen atoms in total. The van der Waals surface area contributed by atoms with Crippen molar-refractivity contribution < 1.29 is 0 Å². The molecule has 0 aliphatic heterocycles. The van der Waals surface area contributed by atoms with Crippen LogP contribution in [0.15, 0.2) is 12.2 Å². The normalized spacial score (nSPS) is 37.5. The third kappa shape index (κ3) is 1.31. The maximum absolute atomic E-state index is 5.35. The molecule has 0 N–H and O–H groups in total. The summed E-state index contributed by atoms with van der Waals surface area (Å²) < 4.78 is 0. The van der Waals surface area contributed by atoms with Crippen LogP contribution in [0, 0.1) is 23.7 Å². The smallest absolute Gasteiger partial charge is 0.00915 e. The van der Waals surface area contributed by atoms with Crippen LogP contribution in [-0.4, -0.2) is 0 Å². The van der Waals surface area contributed by atoms with Gasteiger partial charge in [-0.1, -0.05) is 18.6 Å². The Labute approximate surface area is 81.4 Å². The molecule has 0 amide bonds. The van der Waals surface area contributed by atoms with Gasteiger partial charge in [0.15, 0.2) is 0 Å². The van der Waals surface area contributed by atoms with Crippen molar-refractivity contribution in [2.45, 2.75) is 44.9 Å². The lowest BCUT2D eigenvalue weighted by atomic mass is 9.76. The first-order valence-corrected chi connectivity index (χ1v) is 5.40. The molecule has 0 heterocycles. The van der Waals surface area contributed by atoms with E-state index in [0.29, 0.717) is 5.41 Å². The molecule has 2 rings (SSSR count). The molecule has 2 aliphatic carbocycles. The molecule has 0 saturated heterocycles. The van der Waals surface area contributed by atoms with Gasteiger partial charge in [0.25, 0.3) is 0 Å². The van der Waals surface area contributed by atoms with Crippen molar-refractivity contribution in [3.63, 3.8) is 0 Å². The van der Waals surface area contributed by atoms with Gasteiger partial charge in [0.2, 0.25) is 0 Å². The van der Waals surface area contributed by atoms with Crippen molar-refractivity contribution in [3.05, 3.63) is 12.2 Å². The second-order valence-electron chi connectivity index (χ2n) is 4.67. The standard InChI is InChI=1S/C13H18/c1-3-4-8-13-9-5-6-12(13)11(2)7-10-13/h1,12H,2,4-10H2. The zero-order valence-corrected chi connectivity index (χ0v) is 8.31. The average Bonchev–Trinajstić information content (AvgIpc) is 2.65. The fraction of sp³-hybridized carbons (Fsp3) is 0.692. The quantitative estimate of drug-likeness (QED) is 0.444. The number of rotatable bonds is 2. The molecule has 0 aromatic carbocycles. The van der Waals surface area contributed by atoms with Crippen molar-refractivity contribution in [2.24, 2.45) is 11.3 Å². The van der Waals surface area contributed by atoms with Crippen LogP contribution < -0.4 is 0 Å². The molecule has 0 bridgehead atoms. The van der Waals surface area contributed by atoms with Crippen LogP contribution in [-0.2, 0) is 0 Å². The van der Waals surface area contributed by atoms with Crippen LogP contribution in [0.2, 0.25) is 0 Å². The van der Waals surface area contributed by atoms with Gasteiger partial charge in [-0.2, -0.15) is 0 Å². The molecule has 70 valence electrons. The van der Waals surface area contributed by atoms with Crippen LogP contribution in [0.4, 0.5) is 0 Å². The molecule has 2 aliphatic rings. The van der Waals surface area contributed by atoms with Gasteiger partial charge in [-0.05, 0) is 43.4 Å². The highest BCUT2D eigenvalue weighted by molar-refractivity contribution is 5.17. The van der Waals surface area contributed by atoms with Crippen LogP contribution in [0.1, 0.15) is 44.9 Å². The number of hydrogen-bond acceptors (Lipinski definition) is 0. The molecule has 2 atom stereocenters. The van der Waals surface area contributed by atoms with E-state index in [4.69, 9.17) is 6.42 Å². The maximum Gasteiger partial charge on any atom is 0.00915 e. The predicted octanol–water partition coefficient (Wildman–Crippen LogP) is 3.54. The maximum atomic E-state index is 5.35. The molecule has 0 radical (unpaired) electrons. The van der Waals surface area contributed by atoms with Crippen LogP contribution >= 0.6 is 0 Å². The fourth-order valence-electron chi connectivity index (χ4n) is 3.40. The summed E-state index contributed by atoms with van der Waals surface area (Å²) in [6.07, 6.45) is 14.3. The highest BCUT2D eigenvalue weighted by atomic mass is 14.5. The van der Waals surface area contributed by atoms with E-state index in [2.05, 4.69) is 12.5 Å². The van der Waals surface area contributed by atoms with E-state index in [-0.39, 0.29) is 0 Å². The second-order valence-corrected chi connectivity index (χ2v) is 4.67. The number of hydrogen-bond donors (Lipinski definition) is 0. The lowest BCUT2D eigenvalue weighted by Gasteiger charge is -2.28. The largest absolute Gasteiger partial charge is 0.120 e. The zero-order chi connectivity index (χ0) is 9.31. The summed E-state index contributed by atoms with van der Waals surface area (Å²) in [5.41, 5.74) is 2.10. The summed E-state index contributed by atoms with van der Waals surface area (Å²) >= 11 is 0. The Morgan fingerprint density at radius 3 is 3.15 bits per heavy atom. The minimum absolute atomic E-state index is 0.587. The van der Waals surface area contributed by atoms with Crippen LogP contribution in [0.5, 0.6) is 0 Å². The van der Waals surface area contributed by atoms with Gasteiger partial charge < -0.3 is 0 Å². The summed E-state index contributed by atoms with van der Waals surface area (Å²) in [5, 5.41) is 0. The van der Waals surface area contributed by atoms with E-state index in [1.807, 2.05) is 0 Å². The molecule has 2 unspecified atom stereocenters. The Morgan fingerprint density at radius 1 is 1.54 bits per heavy atom.